The summed E-state index contributed by atoms with van der Waals surface area (Å²) in [4.78, 5) is 0. The predicted molar refractivity (Wildman–Crippen MR) is 75.8 cm³/mol. The third-order valence-electron chi connectivity index (χ3n) is 4.05. The van der Waals surface area contributed by atoms with E-state index in [0.29, 0.717) is 5.41 Å². The fourth-order valence-electron chi connectivity index (χ4n) is 2.39. The highest BCUT2D eigenvalue weighted by Crippen LogP contribution is 2.34. The monoisotopic (exact) mass is 226 g/mol. The quantitative estimate of drug-likeness (QED) is 0.389. The van der Waals surface area contributed by atoms with Gasteiger partial charge in [0.1, 0.15) is 0 Å². The van der Waals surface area contributed by atoms with E-state index in [0.717, 1.165) is 5.92 Å². The van der Waals surface area contributed by atoms with Gasteiger partial charge in [0.05, 0.1) is 0 Å². The molecule has 0 saturated heterocycles. The van der Waals surface area contributed by atoms with Crippen LogP contribution in [-0.4, -0.2) is 0 Å². The molecule has 1 atom stereocenters. The summed E-state index contributed by atoms with van der Waals surface area (Å²) in [7, 11) is 0. The molecule has 0 bridgehead atoms. The van der Waals surface area contributed by atoms with Crippen molar-refractivity contribution in [2.75, 3.05) is 0 Å². The minimum Gasteiger partial charge on any atom is -0.0654 e. The lowest BCUT2D eigenvalue weighted by Gasteiger charge is -2.28. The Morgan fingerprint density at radius 3 is 2.00 bits per heavy atom. The normalized spacial score (nSPS) is 15.4. The molecular weight excluding hydrogens is 192 g/mol. The van der Waals surface area contributed by atoms with Crippen LogP contribution in [0.1, 0.15) is 92.4 Å². The molecule has 0 aromatic heterocycles. The van der Waals surface area contributed by atoms with Gasteiger partial charge in [-0.15, -0.1) is 0 Å². The number of unbranched alkanes of at least 4 members (excludes halogenated alkanes) is 3. The highest BCUT2D eigenvalue weighted by Gasteiger charge is 2.20. The van der Waals surface area contributed by atoms with Gasteiger partial charge >= 0.3 is 0 Å². The first kappa shape index (κ1) is 16.0. The Hall–Kier alpha value is 0. The first-order chi connectivity index (χ1) is 7.54. The minimum absolute atomic E-state index is 0.628. The van der Waals surface area contributed by atoms with Crippen molar-refractivity contribution < 1.29 is 0 Å². The van der Waals surface area contributed by atoms with E-state index in [-0.39, 0.29) is 0 Å². The van der Waals surface area contributed by atoms with Gasteiger partial charge in [-0.2, -0.15) is 0 Å². The summed E-state index contributed by atoms with van der Waals surface area (Å²) in [5.74, 6) is 0.876. The molecule has 0 saturated carbocycles. The van der Waals surface area contributed by atoms with Crippen molar-refractivity contribution in [1.82, 2.24) is 0 Å². The van der Waals surface area contributed by atoms with Crippen molar-refractivity contribution in [2.24, 2.45) is 11.3 Å². The Labute approximate surface area is 104 Å². The average Bonchev–Trinajstić information content (AvgIpc) is 2.24. The molecule has 0 amide bonds. The van der Waals surface area contributed by atoms with Gasteiger partial charge in [0.15, 0.2) is 0 Å². The molecule has 0 aliphatic heterocycles. The largest absolute Gasteiger partial charge is 0.0654 e. The van der Waals surface area contributed by atoms with Crippen molar-refractivity contribution in [2.45, 2.75) is 92.4 Å². The predicted octanol–water partition coefficient (Wildman–Crippen LogP) is 6.20. The van der Waals surface area contributed by atoms with E-state index in [2.05, 4.69) is 34.6 Å². The van der Waals surface area contributed by atoms with Crippen molar-refractivity contribution in [3.63, 3.8) is 0 Å². The molecule has 16 heavy (non-hydrogen) atoms. The van der Waals surface area contributed by atoms with Gasteiger partial charge in [0.2, 0.25) is 0 Å². The van der Waals surface area contributed by atoms with Crippen LogP contribution in [0.4, 0.5) is 0 Å². The maximum atomic E-state index is 2.50. The van der Waals surface area contributed by atoms with Crippen LogP contribution in [0.25, 0.3) is 0 Å². The Balaban J connectivity index is 3.72. The first-order valence-corrected chi connectivity index (χ1v) is 7.54. The molecular formula is C16H34. The second-order valence-electron chi connectivity index (χ2n) is 6.26. The molecule has 98 valence electrons. The third-order valence-corrected chi connectivity index (χ3v) is 4.05. The molecule has 0 spiro atoms. The van der Waals surface area contributed by atoms with E-state index in [1.54, 1.807) is 0 Å². The molecule has 0 heteroatoms. The van der Waals surface area contributed by atoms with Gasteiger partial charge in [-0.3, -0.25) is 0 Å². The maximum absolute atomic E-state index is 2.50. The molecule has 0 heterocycles. The van der Waals surface area contributed by atoms with E-state index < -0.39 is 0 Å². The van der Waals surface area contributed by atoms with Gasteiger partial charge in [0, 0.05) is 0 Å². The molecule has 1 unspecified atom stereocenters. The second-order valence-corrected chi connectivity index (χ2v) is 6.26. The van der Waals surface area contributed by atoms with E-state index in [1.807, 2.05) is 0 Å². The van der Waals surface area contributed by atoms with Gasteiger partial charge in [-0.05, 0) is 24.2 Å². The van der Waals surface area contributed by atoms with Crippen LogP contribution < -0.4 is 0 Å². The van der Waals surface area contributed by atoms with Crippen LogP contribution in [0.3, 0.4) is 0 Å². The zero-order valence-electron chi connectivity index (χ0n) is 12.4. The molecule has 0 N–H and O–H groups in total. The van der Waals surface area contributed by atoms with Crippen molar-refractivity contribution in [1.29, 1.82) is 0 Å². The molecule has 0 rings (SSSR count). The van der Waals surface area contributed by atoms with Crippen LogP contribution >= 0.6 is 0 Å². The average molecular weight is 226 g/mol. The zero-order valence-corrected chi connectivity index (χ0v) is 12.4. The smallest absolute Gasteiger partial charge is 0.0328 e. The topological polar surface area (TPSA) is 0 Å². The zero-order chi connectivity index (χ0) is 12.4. The highest BCUT2D eigenvalue weighted by molar-refractivity contribution is 4.73. The lowest BCUT2D eigenvalue weighted by Crippen LogP contribution is -2.15. The second kappa shape index (κ2) is 9.07. The van der Waals surface area contributed by atoms with Gasteiger partial charge in [-0.25, -0.2) is 0 Å². The van der Waals surface area contributed by atoms with Gasteiger partial charge in [-0.1, -0.05) is 79.6 Å². The minimum atomic E-state index is 0.628. The summed E-state index contributed by atoms with van der Waals surface area (Å²) in [6, 6.07) is 0. The van der Waals surface area contributed by atoms with E-state index in [1.165, 1.54) is 57.8 Å². The Bertz CT molecular complexity index is 148. The summed E-state index contributed by atoms with van der Waals surface area (Å²) >= 11 is 0. The van der Waals surface area contributed by atoms with E-state index in [4.69, 9.17) is 0 Å². The molecule has 0 aromatic carbocycles. The molecule has 0 aromatic rings. The lowest BCUT2D eigenvalue weighted by molar-refractivity contribution is 0.238. The molecule has 0 aliphatic rings. The summed E-state index contributed by atoms with van der Waals surface area (Å²) in [6.07, 6.45) is 12.7. The van der Waals surface area contributed by atoms with E-state index in [9.17, 15) is 0 Å². The summed E-state index contributed by atoms with van der Waals surface area (Å²) in [5, 5.41) is 0. The van der Waals surface area contributed by atoms with Crippen LogP contribution in [-0.2, 0) is 0 Å². The van der Waals surface area contributed by atoms with Crippen LogP contribution in [0.15, 0.2) is 0 Å². The molecule has 0 nitrogen and oxygen atoms in total. The molecule has 0 aliphatic carbocycles. The lowest BCUT2D eigenvalue weighted by atomic mass is 9.77. The number of hydrogen-bond acceptors (Lipinski definition) is 0. The Kier molecular flexibility index (Phi) is 9.07. The SMILES string of the molecule is CCCCCCC(C)(CC)CCCC(C)C. The van der Waals surface area contributed by atoms with Crippen LogP contribution in [0.5, 0.6) is 0 Å². The fourth-order valence-corrected chi connectivity index (χ4v) is 2.39. The molecule has 0 fully saturated rings. The van der Waals surface area contributed by atoms with Crippen LogP contribution in [0.2, 0.25) is 0 Å². The fraction of sp³-hybridized carbons (Fsp3) is 1.00. The Morgan fingerprint density at radius 1 is 0.875 bits per heavy atom. The summed E-state index contributed by atoms with van der Waals surface area (Å²) in [6.45, 7) is 11.8. The van der Waals surface area contributed by atoms with Gasteiger partial charge in [0.25, 0.3) is 0 Å². The summed E-state index contributed by atoms with van der Waals surface area (Å²) in [5.41, 5.74) is 0.628. The number of rotatable bonds is 10. The van der Waals surface area contributed by atoms with Crippen molar-refractivity contribution in [3.05, 3.63) is 0 Å². The number of hydrogen-bond donors (Lipinski definition) is 0. The maximum Gasteiger partial charge on any atom is -0.0328 e. The highest BCUT2D eigenvalue weighted by atomic mass is 14.3. The summed E-state index contributed by atoms with van der Waals surface area (Å²) < 4.78 is 0. The third kappa shape index (κ3) is 8.19. The standard InChI is InChI=1S/C16H34/c1-6-8-9-10-13-16(5,7-2)14-11-12-15(3)4/h15H,6-14H2,1-5H3. The first-order valence-electron chi connectivity index (χ1n) is 7.54. The van der Waals surface area contributed by atoms with Crippen LogP contribution in [0, 0.1) is 11.3 Å². The van der Waals surface area contributed by atoms with Gasteiger partial charge < -0.3 is 0 Å². The van der Waals surface area contributed by atoms with E-state index >= 15 is 0 Å². The van der Waals surface area contributed by atoms with Crippen molar-refractivity contribution in [3.8, 4) is 0 Å². The van der Waals surface area contributed by atoms with Crippen molar-refractivity contribution >= 4 is 0 Å². The molecule has 0 radical (unpaired) electrons. The Morgan fingerprint density at radius 2 is 1.50 bits per heavy atom.